The van der Waals surface area contributed by atoms with Gasteiger partial charge in [-0.15, -0.1) is 0 Å². The lowest BCUT2D eigenvalue weighted by molar-refractivity contribution is 0.102. The van der Waals surface area contributed by atoms with Crippen molar-refractivity contribution >= 4 is 17.3 Å². The van der Waals surface area contributed by atoms with Crippen molar-refractivity contribution in [3.05, 3.63) is 60.3 Å². The van der Waals surface area contributed by atoms with Gasteiger partial charge in [-0.2, -0.15) is 5.10 Å². The molecule has 1 aliphatic rings. The fourth-order valence-corrected chi connectivity index (χ4v) is 3.12. The molecule has 0 saturated carbocycles. The van der Waals surface area contributed by atoms with Gasteiger partial charge in [0.1, 0.15) is 12.0 Å². The first-order chi connectivity index (χ1) is 13.7. The fourth-order valence-electron chi connectivity index (χ4n) is 3.12. The van der Waals surface area contributed by atoms with E-state index in [9.17, 15) is 4.79 Å². The predicted molar refractivity (Wildman–Crippen MR) is 106 cm³/mol. The van der Waals surface area contributed by atoms with Gasteiger partial charge >= 0.3 is 0 Å². The van der Waals surface area contributed by atoms with Crippen LogP contribution in [0, 0.1) is 0 Å². The molecule has 1 fully saturated rings. The average molecular weight is 378 g/mol. The van der Waals surface area contributed by atoms with Crippen LogP contribution in [0.25, 0.3) is 5.82 Å². The van der Waals surface area contributed by atoms with Gasteiger partial charge < -0.3 is 15.0 Å². The third kappa shape index (κ3) is 3.86. The van der Waals surface area contributed by atoms with Gasteiger partial charge in [-0.25, -0.2) is 14.6 Å². The molecule has 8 heteroatoms. The van der Waals surface area contributed by atoms with Gasteiger partial charge in [0.25, 0.3) is 5.91 Å². The van der Waals surface area contributed by atoms with Crippen LogP contribution >= 0.6 is 0 Å². The second-order valence-electron chi connectivity index (χ2n) is 6.51. The SMILES string of the molecule is CCc1ccc(C(=O)Nc2cnn(-c3ncncc3N3CCOCC3)c2)cc1. The molecule has 0 unspecified atom stereocenters. The third-order valence-electron chi connectivity index (χ3n) is 4.71. The number of anilines is 2. The van der Waals surface area contributed by atoms with Gasteiger partial charge in [0.2, 0.25) is 0 Å². The molecule has 8 nitrogen and oxygen atoms in total. The zero-order valence-electron chi connectivity index (χ0n) is 15.7. The number of aryl methyl sites for hydroxylation is 1. The highest BCUT2D eigenvalue weighted by molar-refractivity contribution is 6.04. The van der Waals surface area contributed by atoms with Gasteiger partial charge in [0.15, 0.2) is 5.82 Å². The van der Waals surface area contributed by atoms with Crippen molar-refractivity contribution in [2.24, 2.45) is 0 Å². The van der Waals surface area contributed by atoms with E-state index in [0.717, 1.165) is 25.2 Å². The number of morpholine rings is 1. The Balaban J connectivity index is 1.52. The first-order valence-electron chi connectivity index (χ1n) is 9.32. The van der Waals surface area contributed by atoms with Crippen LogP contribution in [0.3, 0.4) is 0 Å². The molecule has 0 radical (unpaired) electrons. The first-order valence-corrected chi connectivity index (χ1v) is 9.32. The smallest absolute Gasteiger partial charge is 0.255 e. The molecule has 1 N–H and O–H groups in total. The summed E-state index contributed by atoms with van der Waals surface area (Å²) < 4.78 is 7.07. The van der Waals surface area contributed by atoms with Crippen molar-refractivity contribution in [3.63, 3.8) is 0 Å². The second kappa shape index (κ2) is 8.18. The van der Waals surface area contributed by atoms with E-state index in [1.165, 1.54) is 11.9 Å². The maximum absolute atomic E-state index is 12.5. The topological polar surface area (TPSA) is 85.2 Å². The summed E-state index contributed by atoms with van der Waals surface area (Å²) in [5, 5.41) is 7.26. The van der Waals surface area contributed by atoms with Crippen LogP contribution < -0.4 is 10.2 Å². The molecule has 1 aliphatic heterocycles. The lowest BCUT2D eigenvalue weighted by atomic mass is 10.1. The fraction of sp³-hybridized carbons (Fsp3) is 0.300. The van der Waals surface area contributed by atoms with Crippen molar-refractivity contribution in [1.82, 2.24) is 19.7 Å². The summed E-state index contributed by atoms with van der Waals surface area (Å²) in [5.41, 5.74) is 3.31. The molecule has 2 aromatic heterocycles. The maximum Gasteiger partial charge on any atom is 0.255 e. The molecule has 0 spiro atoms. The number of nitrogens with one attached hydrogen (secondary N) is 1. The van der Waals surface area contributed by atoms with Crippen LogP contribution in [-0.2, 0) is 11.2 Å². The Kier molecular flexibility index (Phi) is 5.29. The van der Waals surface area contributed by atoms with Crippen LogP contribution in [0.5, 0.6) is 0 Å². The van der Waals surface area contributed by atoms with E-state index >= 15 is 0 Å². The standard InChI is InChI=1S/C20H22N6O2/c1-2-15-3-5-16(6-4-15)20(27)24-17-11-23-26(13-17)19-18(12-21-14-22-19)25-7-9-28-10-8-25/h3-6,11-14H,2,7-10H2,1H3,(H,24,27). The molecule has 3 aromatic rings. The molecule has 0 aliphatic carbocycles. The van der Waals surface area contributed by atoms with E-state index < -0.39 is 0 Å². The Morgan fingerprint density at radius 3 is 2.71 bits per heavy atom. The molecular weight excluding hydrogens is 356 g/mol. The molecule has 0 atom stereocenters. The summed E-state index contributed by atoms with van der Waals surface area (Å²) in [7, 11) is 0. The van der Waals surface area contributed by atoms with Crippen molar-refractivity contribution < 1.29 is 9.53 Å². The summed E-state index contributed by atoms with van der Waals surface area (Å²) in [6.45, 7) is 4.98. The molecular formula is C20H22N6O2. The number of nitrogens with zero attached hydrogens (tertiary/aromatic N) is 5. The van der Waals surface area contributed by atoms with Gasteiger partial charge in [-0.05, 0) is 24.1 Å². The molecule has 1 amide bonds. The molecule has 4 rings (SSSR count). The number of hydrogen-bond donors (Lipinski definition) is 1. The minimum absolute atomic E-state index is 0.168. The summed E-state index contributed by atoms with van der Waals surface area (Å²) >= 11 is 0. The van der Waals surface area contributed by atoms with E-state index in [0.29, 0.717) is 30.3 Å². The van der Waals surface area contributed by atoms with E-state index in [4.69, 9.17) is 4.74 Å². The van der Waals surface area contributed by atoms with Crippen LogP contribution in [0.15, 0.2) is 49.2 Å². The number of rotatable bonds is 5. The normalized spacial score (nSPS) is 14.1. The van der Waals surface area contributed by atoms with Gasteiger partial charge in [0, 0.05) is 18.7 Å². The number of amides is 1. The van der Waals surface area contributed by atoms with Gasteiger partial charge in [0.05, 0.1) is 37.5 Å². The Morgan fingerprint density at radius 2 is 1.96 bits per heavy atom. The van der Waals surface area contributed by atoms with E-state index in [1.807, 2.05) is 24.3 Å². The monoisotopic (exact) mass is 378 g/mol. The van der Waals surface area contributed by atoms with Crippen molar-refractivity contribution in [2.75, 3.05) is 36.5 Å². The molecule has 3 heterocycles. The second-order valence-corrected chi connectivity index (χ2v) is 6.51. The average Bonchev–Trinajstić information content (AvgIpc) is 3.22. The number of ether oxygens (including phenoxy) is 1. The van der Waals surface area contributed by atoms with E-state index in [2.05, 4.69) is 32.2 Å². The molecule has 0 bridgehead atoms. The molecule has 28 heavy (non-hydrogen) atoms. The zero-order chi connectivity index (χ0) is 19.3. The predicted octanol–water partition coefficient (Wildman–Crippen LogP) is 2.31. The summed E-state index contributed by atoms with van der Waals surface area (Å²) in [4.78, 5) is 23.2. The largest absolute Gasteiger partial charge is 0.378 e. The summed E-state index contributed by atoms with van der Waals surface area (Å²) in [5.74, 6) is 0.503. The molecule has 144 valence electrons. The van der Waals surface area contributed by atoms with E-state index in [-0.39, 0.29) is 5.91 Å². The van der Waals surface area contributed by atoms with Crippen molar-refractivity contribution in [2.45, 2.75) is 13.3 Å². The number of hydrogen-bond acceptors (Lipinski definition) is 6. The third-order valence-corrected chi connectivity index (χ3v) is 4.71. The van der Waals surface area contributed by atoms with Crippen LogP contribution in [0.1, 0.15) is 22.8 Å². The van der Waals surface area contributed by atoms with E-state index in [1.54, 1.807) is 23.3 Å². The van der Waals surface area contributed by atoms with Gasteiger partial charge in [-0.3, -0.25) is 4.79 Å². The summed E-state index contributed by atoms with van der Waals surface area (Å²) in [6, 6.07) is 7.60. The minimum Gasteiger partial charge on any atom is -0.378 e. The highest BCUT2D eigenvalue weighted by Crippen LogP contribution is 2.23. The van der Waals surface area contributed by atoms with Gasteiger partial charge in [-0.1, -0.05) is 19.1 Å². The Bertz CT molecular complexity index is 947. The quantitative estimate of drug-likeness (QED) is 0.733. The lowest BCUT2D eigenvalue weighted by Gasteiger charge is -2.29. The molecule has 1 saturated heterocycles. The number of benzene rings is 1. The Labute approximate surface area is 163 Å². The maximum atomic E-state index is 12.5. The first kappa shape index (κ1) is 18.1. The van der Waals surface area contributed by atoms with Crippen molar-refractivity contribution in [3.8, 4) is 5.82 Å². The van der Waals surface area contributed by atoms with Crippen LogP contribution in [-0.4, -0.2) is 52.0 Å². The highest BCUT2D eigenvalue weighted by atomic mass is 16.5. The Hall–Kier alpha value is -3.26. The van der Waals surface area contributed by atoms with Crippen LogP contribution in [0.4, 0.5) is 11.4 Å². The summed E-state index contributed by atoms with van der Waals surface area (Å²) in [6.07, 6.45) is 7.59. The highest BCUT2D eigenvalue weighted by Gasteiger charge is 2.18. The zero-order valence-corrected chi connectivity index (χ0v) is 15.7. The number of aromatic nitrogens is 4. The number of carbonyl (C=O) groups is 1. The lowest BCUT2D eigenvalue weighted by Crippen LogP contribution is -2.37. The number of carbonyl (C=O) groups excluding carboxylic acids is 1. The molecule has 1 aromatic carbocycles. The van der Waals surface area contributed by atoms with Crippen LogP contribution in [0.2, 0.25) is 0 Å². The van der Waals surface area contributed by atoms with Crippen molar-refractivity contribution in [1.29, 1.82) is 0 Å². The minimum atomic E-state index is -0.168. The Morgan fingerprint density at radius 1 is 1.18 bits per heavy atom.